The summed E-state index contributed by atoms with van der Waals surface area (Å²) in [5, 5.41) is 12.0. The van der Waals surface area contributed by atoms with E-state index in [-0.39, 0.29) is 30.9 Å². The second-order valence-corrected chi connectivity index (χ2v) is 11.0. The highest BCUT2D eigenvalue weighted by atomic mass is 32.1. The molecule has 206 valence electrons. The molecule has 2 heterocycles. The molecule has 3 atom stereocenters. The lowest BCUT2D eigenvalue weighted by atomic mass is 9.83. The SMILES string of the molecule is CC(C)C[C@@]1(C(=O)OCc2ccccc2)C[C@H](C(=O)O)[C@H](c2cccs2)N1C(=O)c1ccc(C(F)(F)F)cc1. The summed E-state index contributed by atoms with van der Waals surface area (Å²) in [4.78, 5) is 42.4. The fourth-order valence-electron chi connectivity index (χ4n) is 5.27. The summed E-state index contributed by atoms with van der Waals surface area (Å²) in [5.41, 5.74) is -1.94. The molecule has 2 aromatic carbocycles. The highest BCUT2D eigenvalue weighted by Crippen LogP contribution is 2.52. The lowest BCUT2D eigenvalue weighted by Crippen LogP contribution is -2.55. The van der Waals surface area contributed by atoms with Gasteiger partial charge in [0.2, 0.25) is 0 Å². The number of aliphatic carboxylic acids is 1. The van der Waals surface area contributed by atoms with Crippen LogP contribution in [0.1, 0.15) is 59.1 Å². The summed E-state index contributed by atoms with van der Waals surface area (Å²) in [7, 11) is 0. The predicted octanol–water partition coefficient (Wildman–Crippen LogP) is 6.58. The lowest BCUT2D eigenvalue weighted by Gasteiger charge is -2.40. The standard InChI is InChI=1S/C29H28F3NO5S/c1-18(2)15-28(27(37)38-17-19-7-4-3-5-8-19)16-22(26(35)36)24(23-9-6-14-39-23)33(28)25(34)20-10-12-21(13-11-20)29(30,31)32/h3-14,18,22,24H,15-17H2,1-2H3,(H,35,36)/t22-,24+,28-/m0/s1. The van der Waals surface area contributed by atoms with Gasteiger partial charge in [-0.2, -0.15) is 13.2 Å². The number of carboxylic acid groups (broad SMARTS) is 1. The number of thiophene rings is 1. The maximum Gasteiger partial charge on any atom is 0.416 e. The minimum Gasteiger partial charge on any atom is -0.481 e. The number of rotatable bonds is 8. The molecule has 0 unspecified atom stereocenters. The van der Waals surface area contributed by atoms with Crippen molar-refractivity contribution in [3.8, 4) is 0 Å². The zero-order valence-corrected chi connectivity index (χ0v) is 22.2. The van der Waals surface area contributed by atoms with Gasteiger partial charge in [0.1, 0.15) is 12.1 Å². The molecule has 6 nitrogen and oxygen atoms in total. The van der Waals surface area contributed by atoms with Crippen LogP contribution in [0.25, 0.3) is 0 Å². The molecule has 0 saturated carbocycles. The van der Waals surface area contributed by atoms with Gasteiger partial charge in [-0.05, 0) is 60.0 Å². The van der Waals surface area contributed by atoms with Crippen molar-refractivity contribution in [2.24, 2.45) is 11.8 Å². The van der Waals surface area contributed by atoms with Gasteiger partial charge in [0.05, 0.1) is 17.5 Å². The van der Waals surface area contributed by atoms with Crippen LogP contribution < -0.4 is 0 Å². The summed E-state index contributed by atoms with van der Waals surface area (Å²) in [6.07, 6.45) is -4.67. The Bertz CT molecular complexity index is 1310. The van der Waals surface area contributed by atoms with Crippen molar-refractivity contribution in [1.82, 2.24) is 4.90 Å². The van der Waals surface area contributed by atoms with E-state index in [2.05, 4.69) is 0 Å². The molecule has 10 heteroatoms. The predicted molar refractivity (Wildman–Crippen MR) is 139 cm³/mol. The van der Waals surface area contributed by atoms with Gasteiger partial charge in [0.15, 0.2) is 0 Å². The highest BCUT2D eigenvalue weighted by molar-refractivity contribution is 7.10. The van der Waals surface area contributed by atoms with Gasteiger partial charge in [-0.25, -0.2) is 4.79 Å². The third kappa shape index (κ3) is 5.85. The molecule has 4 rings (SSSR count). The first-order chi connectivity index (χ1) is 18.4. The van der Waals surface area contributed by atoms with Gasteiger partial charge in [-0.15, -0.1) is 11.3 Å². The number of ether oxygens (including phenoxy) is 1. The van der Waals surface area contributed by atoms with Crippen LogP contribution in [0.15, 0.2) is 72.1 Å². The number of amides is 1. The van der Waals surface area contributed by atoms with Crippen LogP contribution in [0.4, 0.5) is 13.2 Å². The number of hydrogen-bond donors (Lipinski definition) is 1. The fraction of sp³-hybridized carbons (Fsp3) is 0.345. The van der Waals surface area contributed by atoms with E-state index in [1.807, 2.05) is 19.9 Å². The fourth-order valence-corrected chi connectivity index (χ4v) is 6.15. The molecule has 3 aromatic rings. The largest absolute Gasteiger partial charge is 0.481 e. The summed E-state index contributed by atoms with van der Waals surface area (Å²) in [6.45, 7) is 3.62. The van der Waals surface area contributed by atoms with Crippen LogP contribution in [0.2, 0.25) is 0 Å². The number of alkyl halides is 3. The Morgan fingerprint density at radius 1 is 1.05 bits per heavy atom. The molecule has 1 aliphatic heterocycles. The van der Waals surface area contributed by atoms with Crippen molar-refractivity contribution in [1.29, 1.82) is 0 Å². The third-order valence-electron chi connectivity index (χ3n) is 6.85. The van der Waals surface area contributed by atoms with Crippen molar-refractivity contribution in [3.63, 3.8) is 0 Å². The van der Waals surface area contributed by atoms with E-state index < -0.39 is 47.1 Å². The Hall–Kier alpha value is -3.66. The van der Waals surface area contributed by atoms with E-state index >= 15 is 0 Å². The van der Waals surface area contributed by atoms with E-state index in [1.165, 1.54) is 16.2 Å². The minimum absolute atomic E-state index is 0.0801. The average Bonchev–Trinajstić information content (AvgIpc) is 3.53. The van der Waals surface area contributed by atoms with Gasteiger partial charge < -0.3 is 14.7 Å². The number of benzene rings is 2. The molecule has 0 bridgehead atoms. The molecule has 1 fully saturated rings. The topological polar surface area (TPSA) is 83.9 Å². The van der Waals surface area contributed by atoms with Gasteiger partial charge in [-0.1, -0.05) is 50.2 Å². The van der Waals surface area contributed by atoms with E-state index in [0.29, 0.717) is 10.4 Å². The summed E-state index contributed by atoms with van der Waals surface area (Å²) in [5.74, 6) is -3.94. The number of halogens is 3. The van der Waals surface area contributed by atoms with Crippen LogP contribution in [0, 0.1) is 11.8 Å². The van der Waals surface area contributed by atoms with Crippen molar-refractivity contribution in [3.05, 3.63) is 93.7 Å². The first-order valence-corrected chi connectivity index (χ1v) is 13.3. The molecule has 1 saturated heterocycles. The summed E-state index contributed by atoms with van der Waals surface area (Å²) < 4.78 is 45.3. The molecule has 0 radical (unpaired) electrons. The second-order valence-electron chi connectivity index (χ2n) is 10.1. The van der Waals surface area contributed by atoms with E-state index in [4.69, 9.17) is 4.74 Å². The Labute approximate surface area is 228 Å². The first kappa shape index (κ1) is 28.4. The Morgan fingerprint density at radius 3 is 2.26 bits per heavy atom. The molecular weight excluding hydrogens is 531 g/mol. The number of carboxylic acids is 1. The van der Waals surface area contributed by atoms with Crippen LogP contribution in [0.5, 0.6) is 0 Å². The number of hydrogen-bond acceptors (Lipinski definition) is 5. The maximum atomic E-state index is 14.1. The quantitative estimate of drug-likeness (QED) is 0.315. The van der Waals surface area contributed by atoms with Crippen LogP contribution in [0.3, 0.4) is 0 Å². The maximum absolute atomic E-state index is 14.1. The summed E-state index contributed by atoms with van der Waals surface area (Å²) in [6, 6.07) is 15.1. The zero-order chi connectivity index (χ0) is 28.4. The molecular formula is C29H28F3NO5S. The lowest BCUT2D eigenvalue weighted by molar-refractivity contribution is -0.158. The Morgan fingerprint density at radius 2 is 1.72 bits per heavy atom. The second kappa shape index (κ2) is 11.2. The number of carbonyl (C=O) groups is 3. The average molecular weight is 560 g/mol. The molecule has 39 heavy (non-hydrogen) atoms. The molecule has 1 N–H and O–H groups in total. The van der Waals surface area contributed by atoms with Crippen molar-refractivity contribution in [2.45, 2.75) is 51.1 Å². The van der Waals surface area contributed by atoms with Crippen molar-refractivity contribution in [2.75, 3.05) is 0 Å². The van der Waals surface area contributed by atoms with Gasteiger partial charge in [0.25, 0.3) is 5.91 Å². The minimum atomic E-state index is -4.59. The Balaban J connectivity index is 1.83. The molecule has 0 spiro atoms. The van der Waals surface area contributed by atoms with Gasteiger partial charge >= 0.3 is 18.1 Å². The zero-order valence-electron chi connectivity index (χ0n) is 21.4. The van der Waals surface area contributed by atoms with E-state index in [1.54, 1.807) is 41.8 Å². The smallest absolute Gasteiger partial charge is 0.416 e. The Kier molecular flexibility index (Phi) is 8.15. The van der Waals surface area contributed by atoms with Crippen molar-refractivity contribution < 1.29 is 37.4 Å². The first-order valence-electron chi connectivity index (χ1n) is 12.4. The van der Waals surface area contributed by atoms with Crippen LogP contribution in [-0.2, 0) is 27.1 Å². The third-order valence-corrected chi connectivity index (χ3v) is 7.79. The molecule has 1 amide bonds. The highest BCUT2D eigenvalue weighted by Gasteiger charge is 2.61. The summed E-state index contributed by atoms with van der Waals surface area (Å²) >= 11 is 1.25. The van der Waals surface area contributed by atoms with E-state index in [9.17, 15) is 32.7 Å². The molecule has 1 aromatic heterocycles. The van der Waals surface area contributed by atoms with Crippen LogP contribution in [-0.4, -0.2) is 33.4 Å². The van der Waals surface area contributed by atoms with Gasteiger partial charge in [-0.3, -0.25) is 9.59 Å². The van der Waals surface area contributed by atoms with E-state index in [0.717, 1.165) is 24.3 Å². The van der Waals surface area contributed by atoms with Crippen molar-refractivity contribution >= 4 is 29.2 Å². The number of nitrogens with zero attached hydrogens (tertiary/aromatic N) is 1. The van der Waals surface area contributed by atoms with Crippen LogP contribution >= 0.6 is 11.3 Å². The normalized spacial score (nSPS) is 21.2. The molecule has 1 aliphatic rings. The number of esters is 1. The monoisotopic (exact) mass is 559 g/mol. The molecule has 0 aliphatic carbocycles. The number of carbonyl (C=O) groups excluding carboxylic acids is 2. The van der Waals surface area contributed by atoms with Gasteiger partial charge in [0, 0.05) is 10.4 Å². The number of likely N-dealkylation sites (tertiary alicyclic amines) is 1.